The number of fused-ring (bicyclic) bond motifs is 1. The lowest BCUT2D eigenvalue weighted by Gasteiger charge is -2.02. The van der Waals surface area contributed by atoms with Crippen LogP contribution in [0.25, 0.3) is 10.3 Å². The van der Waals surface area contributed by atoms with Crippen molar-refractivity contribution in [2.75, 3.05) is 6.61 Å². The smallest absolute Gasteiger partial charge is 0.275 e. The first-order valence-electron chi connectivity index (χ1n) is 5.03. The summed E-state index contributed by atoms with van der Waals surface area (Å²) in [6.45, 7) is 4.75. The molecule has 0 aliphatic heterocycles. The van der Waals surface area contributed by atoms with Gasteiger partial charge >= 0.3 is 0 Å². The zero-order chi connectivity index (χ0) is 11.7. The molecule has 0 saturated carbocycles. The molecule has 0 unspecified atom stereocenters. The summed E-state index contributed by atoms with van der Waals surface area (Å²) < 4.78 is 7.36. The van der Waals surface area contributed by atoms with Crippen LogP contribution in [-0.2, 0) is 6.54 Å². The third-order valence-electron chi connectivity index (χ3n) is 2.19. The van der Waals surface area contributed by atoms with Crippen LogP contribution in [0.1, 0.15) is 13.8 Å². The fourth-order valence-corrected chi connectivity index (χ4v) is 2.39. The van der Waals surface area contributed by atoms with Gasteiger partial charge in [0.05, 0.1) is 6.61 Å². The summed E-state index contributed by atoms with van der Waals surface area (Å²) in [5.74, 6) is -0.0341. The van der Waals surface area contributed by atoms with E-state index in [9.17, 15) is 9.90 Å². The van der Waals surface area contributed by atoms with Gasteiger partial charge in [-0.05, 0) is 13.8 Å². The number of aromatic hydroxyl groups is 1. The highest BCUT2D eigenvalue weighted by Crippen LogP contribution is 2.32. The van der Waals surface area contributed by atoms with E-state index >= 15 is 0 Å². The quantitative estimate of drug-likeness (QED) is 0.884. The van der Waals surface area contributed by atoms with Crippen LogP contribution in [0.2, 0.25) is 0 Å². The first kappa shape index (κ1) is 10.9. The van der Waals surface area contributed by atoms with Crippen LogP contribution in [0.5, 0.6) is 10.9 Å². The highest BCUT2D eigenvalue weighted by atomic mass is 32.1. The van der Waals surface area contributed by atoms with Gasteiger partial charge in [-0.25, -0.2) is 0 Å². The van der Waals surface area contributed by atoms with E-state index in [2.05, 4.69) is 4.98 Å². The Morgan fingerprint density at radius 1 is 1.56 bits per heavy atom. The monoisotopic (exact) mass is 240 g/mol. The molecule has 86 valence electrons. The van der Waals surface area contributed by atoms with Gasteiger partial charge in [0.1, 0.15) is 10.4 Å². The average Bonchev–Trinajstić information content (AvgIpc) is 2.63. The maximum absolute atomic E-state index is 11.6. The van der Waals surface area contributed by atoms with E-state index in [1.54, 1.807) is 0 Å². The number of nitrogens with zero attached hydrogens (tertiary/aromatic N) is 2. The average molecular weight is 240 g/mol. The zero-order valence-corrected chi connectivity index (χ0v) is 9.87. The summed E-state index contributed by atoms with van der Waals surface area (Å²) in [6, 6.07) is 1.21. The third kappa shape index (κ3) is 1.65. The summed E-state index contributed by atoms with van der Waals surface area (Å²) in [7, 11) is 0. The van der Waals surface area contributed by atoms with E-state index in [1.165, 1.54) is 22.0 Å². The lowest BCUT2D eigenvalue weighted by molar-refractivity contribution is 0.338. The highest BCUT2D eigenvalue weighted by Gasteiger charge is 2.13. The summed E-state index contributed by atoms with van der Waals surface area (Å²) in [4.78, 5) is 15.8. The fourth-order valence-electron chi connectivity index (χ4n) is 1.50. The largest absolute Gasteiger partial charge is 0.506 e. The van der Waals surface area contributed by atoms with Gasteiger partial charge in [0.25, 0.3) is 10.8 Å². The molecule has 0 amide bonds. The normalized spacial score (nSPS) is 10.9. The van der Waals surface area contributed by atoms with Gasteiger partial charge in [-0.3, -0.25) is 9.36 Å². The Hall–Kier alpha value is -1.56. The standard InChI is InChI=1S/C10H12N2O3S/c1-3-12-7(14)5-6(13)8-9(12)11-10(16-8)15-4-2/h5,13H,3-4H2,1-2H3. The minimum atomic E-state index is -0.249. The SMILES string of the molecule is CCOc1nc2c(s1)c(O)cc(=O)n2CC. The van der Waals surface area contributed by atoms with Gasteiger partial charge in [0.2, 0.25) is 0 Å². The van der Waals surface area contributed by atoms with Crippen LogP contribution in [-0.4, -0.2) is 21.3 Å². The molecule has 0 spiro atoms. The first-order valence-corrected chi connectivity index (χ1v) is 5.85. The molecule has 0 saturated heterocycles. The molecule has 2 aromatic rings. The molecule has 2 heterocycles. The van der Waals surface area contributed by atoms with Gasteiger partial charge in [-0.15, -0.1) is 0 Å². The highest BCUT2D eigenvalue weighted by molar-refractivity contribution is 7.20. The molecule has 16 heavy (non-hydrogen) atoms. The van der Waals surface area contributed by atoms with Crippen LogP contribution < -0.4 is 10.3 Å². The van der Waals surface area contributed by atoms with E-state index in [-0.39, 0.29) is 11.3 Å². The van der Waals surface area contributed by atoms with Crippen LogP contribution in [0.15, 0.2) is 10.9 Å². The van der Waals surface area contributed by atoms with Crippen molar-refractivity contribution >= 4 is 21.7 Å². The molecule has 6 heteroatoms. The number of aryl methyl sites for hydroxylation is 1. The lowest BCUT2D eigenvalue weighted by Crippen LogP contribution is -2.18. The van der Waals surface area contributed by atoms with Crippen molar-refractivity contribution in [1.29, 1.82) is 0 Å². The Labute approximate surface area is 95.9 Å². The minimum Gasteiger partial charge on any atom is -0.506 e. The molecule has 0 aliphatic rings. The van der Waals surface area contributed by atoms with Crippen LogP contribution >= 0.6 is 11.3 Å². The molecule has 2 aromatic heterocycles. The Bertz CT molecular complexity index is 573. The first-order chi connectivity index (χ1) is 7.67. The molecule has 0 bridgehead atoms. The number of hydrogen-bond donors (Lipinski definition) is 1. The van der Waals surface area contributed by atoms with Gasteiger partial charge in [-0.1, -0.05) is 11.3 Å². The molecule has 0 aromatic carbocycles. The second kappa shape index (κ2) is 4.13. The Morgan fingerprint density at radius 2 is 2.31 bits per heavy atom. The van der Waals surface area contributed by atoms with Crippen LogP contribution in [0, 0.1) is 0 Å². The molecule has 5 nitrogen and oxygen atoms in total. The second-order valence-corrected chi connectivity index (χ2v) is 4.14. The van der Waals surface area contributed by atoms with E-state index in [0.717, 1.165) is 0 Å². The third-order valence-corrected chi connectivity index (χ3v) is 3.17. The second-order valence-electron chi connectivity index (χ2n) is 3.18. The van der Waals surface area contributed by atoms with Gasteiger partial charge < -0.3 is 9.84 Å². The van der Waals surface area contributed by atoms with E-state index in [4.69, 9.17) is 4.74 Å². The summed E-state index contributed by atoms with van der Waals surface area (Å²) in [5, 5.41) is 10.1. The molecule has 0 atom stereocenters. The molecular formula is C10H12N2O3S. The summed E-state index contributed by atoms with van der Waals surface area (Å²) >= 11 is 1.24. The van der Waals surface area contributed by atoms with Crippen LogP contribution in [0.4, 0.5) is 0 Å². The van der Waals surface area contributed by atoms with Crippen molar-refractivity contribution in [3.63, 3.8) is 0 Å². The van der Waals surface area contributed by atoms with E-state index < -0.39 is 0 Å². The topological polar surface area (TPSA) is 64.3 Å². The predicted octanol–water partition coefficient (Wildman–Crippen LogP) is 1.58. The van der Waals surface area contributed by atoms with Crippen molar-refractivity contribution in [3.8, 4) is 10.9 Å². The molecule has 0 aliphatic carbocycles. The Balaban J connectivity index is 2.73. The van der Waals surface area contributed by atoms with Gasteiger partial charge in [0.15, 0.2) is 5.65 Å². The number of hydrogen-bond acceptors (Lipinski definition) is 5. The van der Waals surface area contributed by atoms with E-state index in [1.807, 2.05) is 13.8 Å². The van der Waals surface area contributed by atoms with Crippen molar-refractivity contribution in [1.82, 2.24) is 9.55 Å². The number of thiazole rings is 1. The number of aromatic nitrogens is 2. The molecule has 1 N–H and O–H groups in total. The maximum Gasteiger partial charge on any atom is 0.275 e. The fraction of sp³-hybridized carbons (Fsp3) is 0.400. The Kier molecular flexibility index (Phi) is 2.82. The van der Waals surface area contributed by atoms with Crippen molar-refractivity contribution in [2.24, 2.45) is 0 Å². The number of ether oxygens (including phenoxy) is 1. The number of rotatable bonds is 3. The van der Waals surface area contributed by atoms with E-state index in [0.29, 0.717) is 28.7 Å². The molecule has 2 rings (SSSR count). The zero-order valence-electron chi connectivity index (χ0n) is 9.06. The van der Waals surface area contributed by atoms with Crippen molar-refractivity contribution in [3.05, 3.63) is 16.4 Å². The summed E-state index contributed by atoms with van der Waals surface area (Å²) in [6.07, 6.45) is 0. The number of pyridine rings is 1. The molecule has 0 fully saturated rings. The minimum absolute atomic E-state index is 0.0341. The van der Waals surface area contributed by atoms with Gasteiger partial charge in [0, 0.05) is 12.6 Å². The summed E-state index contributed by atoms with van der Waals surface area (Å²) in [5.41, 5.74) is 0.238. The van der Waals surface area contributed by atoms with Crippen LogP contribution in [0.3, 0.4) is 0 Å². The van der Waals surface area contributed by atoms with Crippen molar-refractivity contribution < 1.29 is 9.84 Å². The molecule has 0 radical (unpaired) electrons. The molecular weight excluding hydrogens is 228 g/mol. The van der Waals surface area contributed by atoms with Crippen molar-refractivity contribution in [2.45, 2.75) is 20.4 Å². The predicted molar refractivity (Wildman–Crippen MR) is 62.4 cm³/mol. The Morgan fingerprint density at radius 3 is 2.94 bits per heavy atom. The van der Waals surface area contributed by atoms with Gasteiger partial charge in [-0.2, -0.15) is 4.98 Å². The maximum atomic E-state index is 11.6. The lowest BCUT2D eigenvalue weighted by atomic mass is 10.4.